The van der Waals surface area contributed by atoms with Crippen LogP contribution >= 0.6 is 23.2 Å². The van der Waals surface area contributed by atoms with Gasteiger partial charge < -0.3 is 4.74 Å². The van der Waals surface area contributed by atoms with Gasteiger partial charge in [-0.3, -0.25) is 4.90 Å². The molecule has 0 aromatic heterocycles. The number of cyclic esters (lactones) is 1. The van der Waals surface area contributed by atoms with E-state index < -0.39 is 32.8 Å². The maximum atomic E-state index is 13.1. The number of anilines is 1. The molecule has 4 rings (SSSR count). The molecular weight excluding hydrogens is 492 g/mol. The maximum absolute atomic E-state index is 13.1. The second-order valence-electron chi connectivity index (χ2n) is 7.48. The van der Waals surface area contributed by atoms with Gasteiger partial charge in [0, 0.05) is 29.7 Å². The second kappa shape index (κ2) is 8.40. The summed E-state index contributed by atoms with van der Waals surface area (Å²) in [7, 11) is -4.26. The fourth-order valence-corrected chi connectivity index (χ4v) is 6.08. The van der Waals surface area contributed by atoms with Crippen LogP contribution < -0.4 is 4.90 Å². The lowest BCUT2D eigenvalue weighted by atomic mass is 10.0. The first kappa shape index (κ1) is 23.2. The number of sulfonamides is 1. The molecule has 0 spiro atoms. The quantitative estimate of drug-likeness (QED) is 0.562. The summed E-state index contributed by atoms with van der Waals surface area (Å²) in [6, 6.07) is 6.93. The van der Waals surface area contributed by atoms with Crippen molar-refractivity contribution in [1.29, 1.82) is 0 Å². The first-order valence-corrected chi connectivity index (χ1v) is 11.8. The number of amides is 1. The van der Waals surface area contributed by atoms with Gasteiger partial charge in [-0.15, -0.1) is 0 Å². The predicted octanol–water partition coefficient (Wildman–Crippen LogP) is 5.32. The summed E-state index contributed by atoms with van der Waals surface area (Å²) in [6.45, 7) is 0.102. The summed E-state index contributed by atoms with van der Waals surface area (Å²) >= 11 is 11.9. The van der Waals surface area contributed by atoms with E-state index in [1.807, 2.05) is 0 Å². The van der Waals surface area contributed by atoms with E-state index in [0.717, 1.165) is 22.0 Å². The molecule has 1 saturated heterocycles. The number of carbonyl (C=O) groups excluding carboxylic acids is 1. The summed E-state index contributed by atoms with van der Waals surface area (Å²) < 4.78 is 71.5. The number of rotatable bonds is 3. The molecule has 32 heavy (non-hydrogen) atoms. The number of alkyl halides is 3. The van der Waals surface area contributed by atoms with Gasteiger partial charge in [0.1, 0.15) is 11.5 Å². The van der Waals surface area contributed by atoms with Gasteiger partial charge in [-0.1, -0.05) is 23.2 Å². The lowest BCUT2D eigenvalue weighted by molar-refractivity contribution is -0.137. The van der Waals surface area contributed by atoms with Crippen molar-refractivity contribution in [1.82, 2.24) is 4.31 Å². The zero-order valence-electron chi connectivity index (χ0n) is 16.4. The lowest BCUT2D eigenvalue weighted by Crippen LogP contribution is -2.50. The average molecular weight is 509 g/mol. The monoisotopic (exact) mass is 508 g/mol. The van der Waals surface area contributed by atoms with Gasteiger partial charge in [0.05, 0.1) is 16.3 Å². The molecule has 2 aromatic rings. The minimum atomic E-state index is -4.70. The summed E-state index contributed by atoms with van der Waals surface area (Å²) in [4.78, 5) is 13.3. The number of piperidine rings is 1. The summed E-state index contributed by atoms with van der Waals surface area (Å²) in [6.07, 6.45) is -4.70. The highest BCUT2D eigenvalue weighted by molar-refractivity contribution is 7.89. The molecule has 0 aliphatic carbocycles. The third kappa shape index (κ3) is 4.28. The molecule has 2 aromatic carbocycles. The lowest BCUT2D eigenvalue weighted by Gasteiger charge is -2.39. The number of benzene rings is 2. The maximum Gasteiger partial charge on any atom is 0.416 e. The molecule has 0 unspecified atom stereocenters. The Balaban J connectivity index is 1.55. The van der Waals surface area contributed by atoms with Crippen LogP contribution in [0.2, 0.25) is 10.0 Å². The van der Waals surface area contributed by atoms with Crippen LogP contribution in [0.5, 0.6) is 0 Å². The first-order valence-electron chi connectivity index (χ1n) is 9.60. The van der Waals surface area contributed by atoms with Gasteiger partial charge >= 0.3 is 12.3 Å². The van der Waals surface area contributed by atoms with Crippen LogP contribution in [0.1, 0.15) is 24.0 Å². The van der Waals surface area contributed by atoms with Gasteiger partial charge in [0.25, 0.3) is 0 Å². The van der Waals surface area contributed by atoms with Crippen molar-refractivity contribution in [3.8, 4) is 0 Å². The second-order valence-corrected chi connectivity index (χ2v) is 10.2. The fourth-order valence-electron chi connectivity index (χ4n) is 3.92. The molecular formula is C20H17Cl2F3N2O4S. The van der Waals surface area contributed by atoms with Crippen molar-refractivity contribution in [2.75, 3.05) is 18.0 Å². The molecule has 0 N–H and O–H groups in total. The van der Waals surface area contributed by atoms with Gasteiger partial charge in [0.15, 0.2) is 0 Å². The standard InChI is InChI=1S/C20H17Cl2F3N2O4S/c21-14-2-4-17-12(9-14)11-31-19(28)27(17)15-5-7-26(8-6-15)32(29,30)18-10-13(20(23,24)25)1-3-16(18)22/h1-4,9-10,15H,5-8,11H2. The number of hydrogen-bond acceptors (Lipinski definition) is 4. The Hall–Kier alpha value is -2.01. The molecule has 0 saturated carbocycles. The number of fused-ring (bicyclic) bond motifs is 1. The molecule has 0 atom stereocenters. The fraction of sp³-hybridized carbons (Fsp3) is 0.350. The zero-order valence-corrected chi connectivity index (χ0v) is 18.7. The van der Waals surface area contributed by atoms with Crippen molar-refractivity contribution in [2.45, 2.75) is 36.6 Å². The largest absolute Gasteiger partial charge is 0.444 e. The van der Waals surface area contributed by atoms with Crippen molar-refractivity contribution in [2.24, 2.45) is 0 Å². The van der Waals surface area contributed by atoms with E-state index in [2.05, 4.69) is 0 Å². The SMILES string of the molecule is O=C1OCc2cc(Cl)ccc2N1C1CCN(S(=O)(=O)c2cc(C(F)(F)F)ccc2Cl)CC1. The van der Waals surface area contributed by atoms with Crippen LogP contribution in [-0.2, 0) is 27.5 Å². The first-order chi connectivity index (χ1) is 15.0. The number of carbonyl (C=O) groups is 1. The van der Waals surface area contributed by atoms with Gasteiger partial charge in [-0.25, -0.2) is 13.2 Å². The normalized spacial score (nSPS) is 18.4. The number of ether oxygens (including phenoxy) is 1. The molecule has 2 aliphatic rings. The van der Waals surface area contributed by atoms with E-state index in [0.29, 0.717) is 16.8 Å². The molecule has 6 nitrogen and oxygen atoms in total. The van der Waals surface area contributed by atoms with Crippen LogP contribution in [0.3, 0.4) is 0 Å². The van der Waals surface area contributed by atoms with E-state index in [1.54, 1.807) is 18.2 Å². The molecule has 2 heterocycles. The molecule has 1 fully saturated rings. The van der Waals surface area contributed by atoms with Crippen LogP contribution in [0, 0.1) is 0 Å². The highest BCUT2D eigenvalue weighted by Crippen LogP contribution is 2.37. The van der Waals surface area contributed by atoms with E-state index in [4.69, 9.17) is 27.9 Å². The average Bonchev–Trinajstić information content (AvgIpc) is 2.73. The topological polar surface area (TPSA) is 66.9 Å². The highest BCUT2D eigenvalue weighted by atomic mass is 35.5. The Kier molecular flexibility index (Phi) is 6.08. The molecule has 0 radical (unpaired) electrons. The van der Waals surface area contributed by atoms with Gasteiger partial charge in [-0.2, -0.15) is 17.5 Å². The van der Waals surface area contributed by atoms with Gasteiger partial charge in [0.2, 0.25) is 10.0 Å². The van der Waals surface area contributed by atoms with Crippen molar-refractivity contribution >= 4 is 45.0 Å². The number of nitrogens with zero attached hydrogens (tertiary/aromatic N) is 2. The minimum Gasteiger partial charge on any atom is -0.444 e. The highest BCUT2D eigenvalue weighted by Gasteiger charge is 2.39. The van der Waals surface area contributed by atoms with E-state index in [-0.39, 0.29) is 43.6 Å². The predicted molar refractivity (Wildman–Crippen MR) is 112 cm³/mol. The third-order valence-electron chi connectivity index (χ3n) is 5.51. The summed E-state index contributed by atoms with van der Waals surface area (Å²) in [5, 5.41) is 0.214. The Morgan fingerprint density at radius 2 is 1.72 bits per heavy atom. The van der Waals surface area contributed by atoms with Crippen LogP contribution in [-0.4, -0.2) is 37.9 Å². The van der Waals surface area contributed by atoms with E-state index in [9.17, 15) is 26.4 Å². The number of halogens is 5. The summed E-state index contributed by atoms with van der Waals surface area (Å²) in [5.41, 5.74) is 0.289. The Bertz CT molecular complexity index is 1170. The molecule has 1 amide bonds. The van der Waals surface area contributed by atoms with E-state index >= 15 is 0 Å². The summed E-state index contributed by atoms with van der Waals surface area (Å²) in [5.74, 6) is 0. The zero-order chi connectivity index (χ0) is 23.3. The third-order valence-corrected chi connectivity index (χ3v) is 8.13. The van der Waals surface area contributed by atoms with Crippen LogP contribution in [0.25, 0.3) is 0 Å². The molecule has 0 bridgehead atoms. The van der Waals surface area contributed by atoms with Crippen LogP contribution in [0.4, 0.5) is 23.7 Å². The minimum absolute atomic E-state index is 0.00623. The van der Waals surface area contributed by atoms with Crippen LogP contribution in [0.15, 0.2) is 41.3 Å². The van der Waals surface area contributed by atoms with Crippen molar-refractivity contribution in [3.63, 3.8) is 0 Å². The molecule has 2 aliphatic heterocycles. The van der Waals surface area contributed by atoms with Crippen molar-refractivity contribution < 1.29 is 31.1 Å². The molecule has 172 valence electrons. The Labute approximate surface area is 192 Å². The Morgan fingerprint density at radius 3 is 2.38 bits per heavy atom. The van der Waals surface area contributed by atoms with Crippen molar-refractivity contribution in [3.05, 3.63) is 57.6 Å². The molecule has 12 heteroatoms. The van der Waals surface area contributed by atoms with E-state index in [1.165, 1.54) is 4.90 Å². The Morgan fingerprint density at radius 1 is 1.03 bits per heavy atom. The smallest absolute Gasteiger partial charge is 0.416 e. The number of hydrogen-bond donors (Lipinski definition) is 0. The van der Waals surface area contributed by atoms with Gasteiger partial charge in [-0.05, 0) is 49.2 Å².